The number of hydrogen-bond donors (Lipinski definition) is 1. The summed E-state index contributed by atoms with van der Waals surface area (Å²) < 4.78 is 0. The lowest BCUT2D eigenvalue weighted by Gasteiger charge is -2.50. The standard InChI is InChI=1S/C13H28N2O.CH4/c1-12(2,3)14-7-8-15(13(4,5)6)11(9-14)10-16;/h11,16H,7-10H2,1-6H3;1H4. The molecule has 1 aliphatic rings. The van der Waals surface area contributed by atoms with E-state index in [1.807, 2.05) is 0 Å². The van der Waals surface area contributed by atoms with E-state index >= 15 is 0 Å². The predicted molar refractivity (Wildman–Crippen MR) is 75.4 cm³/mol. The molecule has 0 bridgehead atoms. The van der Waals surface area contributed by atoms with Gasteiger partial charge in [-0.25, -0.2) is 0 Å². The van der Waals surface area contributed by atoms with Crippen molar-refractivity contribution in [3.63, 3.8) is 0 Å². The van der Waals surface area contributed by atoms with Crippen LogP contribution in [-0.4, -0.2) is 58.3 Å². The topological polar surface area (TPSA) is 26.7 Å². The van der Waals surface area contributed by atoms with Crippen molar-refractivity contribution in [3.8, 4) is 0 Å². The Morgan fingerprint density at radius 1 is 1.00 bits per heavy atom. The van der Waals surface area contributed by atoms with E-state index in [9.17, 15) is 5.11 Å². The summed E-state index contributed by atoms with van der Waals surface area (Å²) in [5.74, 6) is 0. The number of aliphatic hydroxyl groups is 1. The summed E-state index contributed by atoms with van der Waals surface area (Å²) in [7, 11) is 0. The minimum absolute atomic E-state index is 0. The van der Waals surface area contributed by atoms with Crippen LogP contribution in [-0.2, 0) is 0 Å². The number of aliphatic hydroxyl groups excluding tert-OH is 1. The molecule has 3 nitrogen and oxygen atoms in total. The molecule has 3 heteroatoms. The van der Waals surface area contributed by atoms with Crippen molar-refractivity contribution in [1.29, 1.82) is 0 Å². The van der Waals surface area contributed by atoms with Crippen LogP contribution in [0, 0.1) is 0 Å². The summed E-state index contributed by atoms with van der Waals surface area (Å²) in [6.45, 7) is 16.8. The third kappa shape index (κ3) is 4.23. The van der Waals surface area contributed by atoms with E-state index in [0.29, 0.717) is 0 Å². The van der Waals surface area contributed by atoms with Gasteiger partial charge < -0.3 is 5.11 Å². The van der Waals surface area contributed by atoms with Gasteiger partial charge in [0.25, 0.3) is 0 Å². The average molecular weight is 244 g/mol. The van der Waals surface area contributed by atoms with Gasteiger partial charge in [0.05, 0.1) is 6.61 Å². The molecule has 1 atom stereocenters. The van der Waals surface area contributed by atoms with Crippen molar-refractivity contribution in [2.45, 2.75) is 66.1 Å². The van der Waals surface area contributed by atoms with Crippen LogP contribution >= 0.6 is 0 Å². The Balaban J connectivity index is 0.00000256. The Labute approximate surface area is 108 Å². The highest BCUT2D eigenvalue weighted by Crippen LogP contribution is 2.24. The van der Waals surface area contributed by atoms with Crippen molar-refractivity contribution < 1.29 is 5.11 Å². The van der Waals surface area contributed by atoms with Crippen LogP contribution in [0.3, 0.4) is 0 Å². The largest absolute Gasteiger partial charge is 0.395 e. The first-order valence-electron chi connectivity index (χ1n) is 6.29. The summed E-state index contributed by atoms with van der Waals surface area (Å²) >= 11 is 0. The summed E-state index contributed by atoms with van der Waals surface area (Å²) in [6.07, 6.45) is 0. The van der Waals surface area contributed by atoms with Crippen molar-refractivity contribution >= 4 is 0 Å². The maximum Gasteiger partial charge on any atom is 0.0599 e. The first kappa shape index (κ1) is 16.9. The summed E-state index contributed by atoms with van der Waals surface area (Å²) in [5.41, 5.74) is 0.356. The molecule has 0 amide bonds. The molecule has 1 aliphatic heterocycles. The molecule has 104 valence electrons. The molecule has 0 aromatic carbocycles. The van der Waals surface area contributed by atoms with Crippen LogP contribution in [0.4, 0.5) is 0 Å². The molecule has 1 unspecified atom stereocenters. The van der Waals surface area contributed by atoms with Crippen molar-refractivity contribution in [2.75, 3.05) is 26.2 Å². The second-order valence-corrected chi connectivity index (χ2v) is 6.82. The maximum atomic E-state index is 9.54. The van der Waals surface area contributed by atoms with Gasteiger partial charge in [0.15, 0.2) is 0 Å². The Morgan fingerprint density at radius 2 is 1.53 bits per heavy atom. The Morgan fingerprint density at radius 3 is 1.88 bits per heavy atom. The quantitative estimate of drug-likeness (QED) is 0.766. The first-order valence-corrected chi connectivity index (χ1v) is 6.29. The highest BCUT2D eigenvalue weighted by Gasteiger charge is 2.36. The third-order valence-corrected chi connectivity index (χ3v) is 3.50. The number of hydrogen-bond acceptors (Lipinski definition) is 3. The highest BCUT2D eigenvalue weighted by atomic mass is 16.3. The van der Waals surface area contributed by atoms with Crippen LogP contribution < -0.4 is 0 Å². The summed E-state index contributed by atoms with van der Waals surface area (Å²) in [4.78, 5) is 4.89. The van der Waals surface area contributed by atoms with Crippen LogP contribution in [0.5, 0.6) is 0 Å². The Kier molecular flexibility index (Phi) is 5.64. The minimum Gasteiger partial charge on any atom is -0.395 e. The van der Waals surface area contributed by atoms with Gasteiger partial charge in [-0.1, -0.05) is 7.43 Å². The zero-order valence-electron chi connectivity index (χ0n) is 11.7. The van der Waals surface area contributed by atoms with Crippen molar-refractivity contribution in [1.82, 2.24) is 9.80 Å². The van der Waals surface area contributed by atoms with Crippen LogP contribution in [0.1, 0.15) is 49.0 Å². The lowest BCUT2D eigenvalue weighted by molar-refractivity contribution is -0.0401. The SMILES string of the molecule is C.CC(C)(C)N1CCN(C(C)(C)C)C(CO)C1. The maximum absolute atomic E-state index is 9.54. The zero-order valence-corrected chi connectivity index (χ0v) is 11.7. The average Bonchev–Trinajstić information content (AvgIpc) is 2.14. The second-order valence-electron chi connectivity index (χ2n) is 6.82. The van der Waals surface area contributed by atoms with Gasteiger partial charge in [-0.2, -0.15) is 0 Å². The van der Waals surface area contributed by atoms with Crippen LogP contribution in [0.15, 0.2) is 0 Å². The third-order valence-electron chi connectivity index (χ3n) is 3.50. The molecular weight excluding hydrogens is 212 g/mol. The molecule has 1 fully saturated rings. The molecule has 1 N–H and O–H groups in total. The van der Waals surface area contributed by atoms with E-state index in [4.69, 9.17) is 0 Å². The fourth-order valence-electron chi connectivity index (χ4n) is 2.50. The van der Waals surface area contributed by atoms with Gasteiger partial charge in [-0.15, -0.1) is 0 Å². The van der Waals surface area contributed by atoms with Gasteiger partial charge in [-0.3, -0.25) is 9.80 Å². The van der Waals surface area contributed by atoms with E-state index in [2.05, 4.69) is 51.3 Å². The van der Waals surface area contributed by atoms with Crippen LogP contribution in [0.25, 0.3) is 0 Å². The number of rotatable bonds is 1. The Bertz CT molecular complexity index is 227. The van der Waals surface area contributed by atoms with E-state index in [1.54, 1.807) is 0 Å². The number of piperazine rings is 1. The summed E-state index contributed by atoms with van der Waals surface area (Å²) in [5, 5.41) is 9.54. The zero-order chi connectivity index (χ0) is 12.6. The molecule has 0 spiro atoms. The van der Waals surface area contributed by atoms with Crippen molar-refractivity contribution in [3.05, 3.63) is 0 Å². The second kappa shape index (κ2) is 5.68. The van der Waals surface area contributed by atoms with Gasteiger partial charge in [0.1, 0.15) is 0 Å². The van der Waals surface area contributed by atoms with Crippen LogP contribution in [0.2, 0.25) is 0 Å². The van der Waals surface area contributed by atoms with Crippen molar-refractivity contribution in [2.24, 2.45) is 0 Å². The van der Waals surface area contributed by atoms with E-state index in [1.165, 1.54) is 0 Å². The molecule has 0 aromatic rings. The van der Waals surface area contributed by atoms with Gasteiger partial charge in [0.2, 0.25) is 0 Å². The van der Waals surface area contributed by atoms with Gasteiger partial charge in [-0.05, 0) is 41.5 Å². The molecule has 0 radical (unpaired) electrons. The lowest BCUT2D eigenvalue weighted by Crippen LogP contribution is -2.63. The van der Waals surface area contributed by atoms with E-state index in [-0.39, 0.29) is 31.2 Å². The summed E-state index contributed by atoms with van der Waals surface area (Å²) in [6, 6.07) is 0.271. The minimum atomic E-state index is 0. The van der Waals surface area contributed by atoms with E-state index < -0.39 is 0 Å². The predicted octanol–water partition coefficient (Wildman–Crippen LogP) is 2.20. The molecule has 1 heterocycles. The van der Waals surface area contributed by atoms with Gasteiger partial charge in [0, 0.05) is 36.8 Å². The fraction of sp³-hybridized carbons (Fsp3) is 1.00. The van der Waals surface area contributed by atoms with E-state index in [0.717, 1.165) is 19.6 Å². The Hall–Kier alpha value is -0.120. The molecule has 1 rings (SSSR count). The smallest absolute Gasteiger partial charge is 0.0599 e. The molecule has 0 saturated carbocycles. The lowest BCUT2D eigenvalue weighted by atomic mass is 9.97. The number of nitrogens with zero attached hydrogens (tertiary/aromatic N) is 2. The first-order chi connectivity index (χ1) is 7.16. The monoisotopic (exact) mass is 244 g/mol. The molecular formula is C14H32N2O. The van der Waals surface area contributed by atoms with Gasteiger partial charge >= 0.3 is 0 Å². The molecule has 17 heavy (non-hydrogen) atoms. The normalized spacial score (nSPS) is 24.5. The molecule has 1 saturated heterocycles. The highest BCUT2D eigenvalue weighted by molar-refractivity contribution is 4.92. The molecule has 0 aliphatic carbocycles. The fourth-order valence-corrected chi connectivity index (χ4v) is 2.50. The molecule has 0 aromatic heterocycles.